The summed E-state index contributed by atoms with van der Waals surface area (Å²) < 4.78 is 0. The molecule has 5 rings (SSSR count). The summed E-state index contributed by atoms with van der Waals surface area (Å²) in [6.45, 7) is 6.77. The number of hydrogen-bond donors (Lipinski definition) is 0. The van der Waals surface area contributed by atoms with Crippen LogP contribution in [0.25, 0.3) is 0 Å². The SMILES string of the molecule is c1cc(C2CCN(c3nnc(N4CCN5CCC[C@H]5C4)s3)C2)ccn1. The quantitative estimate of drug-likeness (QED) is 0.840. The van der Waals surface area contributed by atoms with Crippen molar-refractivity contribution in [2.24, 2.45) is 0 Å². The molecule has 7 heteroatoms. The molecule has 0 aromatic carbocycles. The molecule has 2 aromatic heterocycles. The van der Waals surface area contributed by atoms with Gasteiger partial charge >= 0.3 is 0 Å². The van der Waals surface area contributed by atoms with Crippen LogP contribution in [0.5, 0.6) is 0 Å². The van der Waals surface area contributed by atoms with E-state index in [0.29, 0.717) is 5.92 Å². The van der Waals surface area contributed by atoms with E-state index in [4.69, 9.17) is 0 Å². The topological polar surface area (TPSA) is 48.4 Å². The van der Waals surface area contributed by atoms with Crippen LogP contribution in [0.15, 0.2) is 24.5 Å². The van der Waals surface area contributed by atoms with Crippen molar-refractivity contribution >= 4 is 21.6 Å². The Morgan fingerprint density at radius 2 is 1.68 bits per heavy atom. The van der Waals surface area contributed by atoms with Crippen LogP contribution in [0.3, 0.4) is 0 Å². The fourth-order valence-corrected chi connectivity index (χ4v) is 5.39. The van der Waals surface area contributed by atoms with Gasteiger partial charge in [-0.3, -0.25) is 9.88 Å². The minimum absolute atomic E-state index is 0.581. The lowest BCUT2D eigenvalue weighted by Crippen LogP contribution is -2.50. The number of anilines is 2. The Hall–Kier alpha value is -1.73. The van der Waals surface area contributed by atoms with E-state index in [9.17, 15) is 0 Å². The lowest BCUT2D eigenvalue weighted by atomic mass is 10.0. The molecule has 0 saturated carbocycles. The van der Waals surface area contributed by atoms with Gasteiger partial charge in [0.05, 0.1) is 0 Å². The Balaban J connectivity index is 1.26. The summed E-state index contributed by atoms with van der Waals surface area (Å²) >= 11 is 1.77. The average molecular weight is 356 g/mol. The number of fused-ring (bicyclic) bond motifs is 1. The van der Waals surface area contributed by atoms with Gasteiger partial charge in [-0.15, -0.1) is 10.2 Å². The van der Waals surface area contributed by atoms with Gasteiger partial charge in [-0.1, -0.05) is 11.3 Å². The van der Waals surface area contributed by atoms with Gasteiger partial charge in [-0.25, -0.2) is 0 Å². The minimum Gasteiger partial charge on any atom is -0.346 e. The molecule has 0 N–H and O–H groups in total. The molecule has 0 spiro atoms. The lowest BCUT2D eigenvalue weighted by Gasteiger charge is -2.37. The molecular formula is C18H24N6S. The fraction of sp³-hybridized carbons (Fsp3) is 0.611. The van der Waals surface area contributed by atoms with Crippen molar-refractivity contribution in [1.29, 1.82) is 0 Å². The maximum atomic E-state index is 4.52. The van der Waals surface area contributed by atoms with E-state index in [1.807, 2.05) is 12.4 Å². The zero-order valence-corrected chi connectivity index (χ0v) is 15.2. The van der Waals surface area contributed by atoms with E-state index in [2.05, 4.69) is 42.0 Å². The normalized spacial score (nSPS) is 27.0. The molecule has 5 heterocycles. The number of rotatable bonds is 3. The van der Waals surface area contributed by atoms with Crippen LogP contribution in [0.4, 0.5) is 10.3 Å². The molecule has 2 aromatic rings. The second kappa shape index (κ2) is 6.53. The molecule has 132 valence electrons. The van der Waals surface area contributed by atoms with Crippen molar-refractivity contribution in [3.8, 4) is 0 Å². The minimum atomic E-state index is 0.581. The van der Waals surface area contributed by atoms with Crippen molar-refractivity contribution in [2.75, 3.05) is 49.1 Å². The largest absolute Gasteiger partial charge is 0.346 e. The molecule has 0 radical (unpaired) electrons. The zero-order chi connectivity index (χ0) is 16.6. The fourth-order valence-electron chi connectivity index (χ4n) is 4.47. The van der Waals surface area contributed by atoms with Crippen LogP contribution >= 0.6 is 11.3 Å². The van der Waals surface area contributed by atoms with Crippen LogP contribution in [-0.4, -0.2) is 65.4 Å². The average Bonchev–Trinajstić information content (AvgIpc) is 3.40. The third-order valence-electron chi connectivity index (χ3n) is 5.90. The Morgan fingerprint density at radius 1 is 0.880 bits per heavy atom. The monoisotopic (exact) mass is 356 g/mol. The van der Waals surface area contributed by atoms with Gasteiger partial charge in [0.1, 0.15) is 0 Å². The first-order valence-corrected chi connectivity index (χ1v) is 10.2. The molecule has 25 heavy (non-hydrogen) atoms. The molecule has 2 atom stereocenters. The van der Waals surface area contributed by atoms with Gasteiger partial charge in [0.2, 0.25) is 10.3 Å². The highest BCUT2D eigenvalue weighted by molar-refractivity contribution is 7.19. The molecule has 3 fully saturated rings. The number of hydrogen-bond acceptors (Lipinski definition) is 7. The third kappa shape index (κ3) is 3.00. The van der Waals surface area contributed by atoms with E-state index in [1.165, 1.54) is 37.9 Å². The number of aromatic nitrogens is 3. The summed E-state index contributed by atoms with van der Waals surface area (Å²) in [7, 11) is 0. The summed E-state index contributed by atoms with van der Waals surface area (Å²) in [4.78, 5) is 11.6. The molecule has 0 amide bonds. The lowest BCUT2D eigenvalue weighted by molar-refractivity contribution is 0.231. The Morgan fingerprint density at radius 3 is 2.52 bits per heavy atom. The number of nitrogens with zero attached hydrogens (tertiary/aromatic N) is 6. The smallest absolute Gasteiger partial charge is 0.210 e. The second-order valence-corrected chi connectivity index (χ2v) is 8.29. The summed E-state index contributed by atoms with van der Waals surface area (Å²) in [5, 5.41) is 11.2. The maximum Gasteiger partial charge on any atom is 0.210 e. The van der Waals surface area contributed by atoms with E-state index in [-0.39, 0.29) is 0 Å². The zero-order valence-electron chi connectivity index (χ0n) is 14.4. The van der Waals surface area contributed by atoms with Gasteiger partial charge in [0, 0.05) is 57.1 Å². The highest BCUT2D eigenvalue weighted by Crippen LogP contribution is 2.35. The number of pyridine rings is 1. The molecule has 6 nitrogen and oxygen atoms in total. The van der Waals surface area contributed by atoms with E-state index in [0.717, 1.165) is 42.5 Å². The summed E-state index contributed by atoms with van der Waals surface area (Å²) in [5.41, 5.74) is 1.39. The first kappa shape index (κ1) is 15.5. The van der Waals surface area contributed by atoms with Crippen molar-refractivity contribution in [3.63, 3.8) is 0 Å². The first-order chi connectivity index (χ1) is 12.4. The van der Waals surface area contributed by atoms with E-state index in [1.54, 1.807) is 11.3 Å². The highest BCUT2D eigenvalue weighted by atomic mass is 32.1. The Bertz CT molecular complexity index is 719. The van der Waals surface area contributed by atoms with Gasteiger partial charge in [-0.2, -0.15) is 0 Å². The predicted molar refractivity (Wildman–Crippen MR) is 101 cm³/mol. The van der Waals surface area contributed by atoms with Crippen molar-refractivity contribution in [1.82, 2.24) is 20.1 Å². The molecule has 3 aliphatic rings. The van der Waals surface area contributed by atoms with E-state index >= 15 is 0 Å². The molecule has 1 unspecified atom stereocenters. The van der Waals surface area contributed by atoms with Crippen LogP contribution in [0.1, 0.15) is 30.7 Å². The van der Waals surface area contributed by atoms with Gasteiger partial charge in [-0.05, 0) is 43.5 Å². The maximum absolute atomic E-state index is 4.52. The van der Waals surface area contributed by atoms with Gasteiger partial charge in [0.25, 0.3) is 0 Å². The van der Waals surface area contributed by atoms with Crippen LogP contribution in [0, 0.1) is 0 Å². The van der Waals surface area contributed by atoms with Crippen LogP contribution in [0.2, 0.25) is 0 Å². The standard InChI is InChI=1S/C18H24N6S/c1-2-16-13-24(11-10-22(16)8-1)18-21-20-17(25-18)23-9-5-15(12-23)14-3-6-19-7-4-14/h3-4,6-7,15-16H,1-2,5,8-13H2/t15?,16-/m0/s1. The molecular weight excluding hydrogens is 332 g/mol. The van der Waals surface area contributed by atoms with Crippen molar-refractivity contribution in [3.05, 3.63) is 30.1 Å². The number of piperazine rings is 1. The highest BCUT2D eigenvalue weighted by Gasteiger charge is 2.32. The van der Waals surface area contributed by atoms with Crippen LogP contribution < -0.4 is 9.80 Å². The van der Waals surface area contributed by atoms with Crippen molar-refractivity contribution < 1.29 is 0 Å². The first-order valence-electron chi connectivity index (χ1n) is 9.34. The molecule has 3 aliphatic heterocycles. The molecule has 0 bridgehead atoms. The van der Waals surface area contributed by atoms with Gasteiger partial charge in [0.15, 0.2) is 0 Å². The molecule has 0 aliphatic carbocycles. The van der Waals surface area contributed by atoms with Gasteiger partial charge < -0.3 is 9.80 Å². The molecule has 3 saturated heterocycles. The van der Waals surface area contributed by atoms with Crippen LogP contribution in [-0.2, 0) is 0 Å². The summed E-state index contributed by atoms with van der Waals surface area (Å²) in [5.74, 6) is 0.581. The third-order valence-corrected chi connectivity index (χ3v) is 6.94. The second-order valence-electron chi connectivity index (χ2n) is 7.36. The van der Waals surface area contributed by atoms with Crippen molar-refractivity contribution in [2.45, 2.75) is 31.2 Å². The summed E-state index contributed by atoms with van der Waals surface area (Å²) in [6.07, 6.45) is 7.65. The van der Waals surface area contributed by atoms with E-state index < -0.39 is 0 Å². The predicted octanol–water partition coefficient (Wildman–Crippen LogP) is 2.21. The Kier molecular flexibility index (Phi) is 4.06. The Labute approximate surface area is 152 Å². The summed E-state index contributed by atoms with van der Waals surface area (Å²) in [6, 6.07) is 5.01.